The third-order valence-corrected chi connectivity index (χ3v) is 4.09. The number of carboxylic acid groups (broad SMARTS) is 1. The van der Waals surface area contributed by atoms with Gasteiger partial charge in [0.25, 0.3) is 0 Å². The molecule has 0 radical (unpaired) electrons. The average Bonchev–Trinajstić information content (AvgIpc) is 2.96. The number of aliphatic carboxylic acids is 1. The largest absolute Gasteiger partial charge is 0.479 e. The van der Waals surface area contributed by atoms with Gasteiger partial charge in [-0.3, -0.25) is 0 Å². The minimum Gasteiger partial charge on any atom is -0.479 e. The Kier molecular flexibility index (Phi) is 5.30. The zero-order chi connectivity index (χ0) is 15.2. The van der Waals surface area contributed by atoms with Crippen molar-refractivity contribution in [3.8, 4) is 10.4 Å². The summed E-state index contributed by atoms with van der Waals surface area (Å²) in [5, 5.41) is 13.0. The van der Waals surface area contributed by atoms with Crippen molar-refractivity contribution in [1.29, 1.82) is 0 Å². The number of nitrogens with one attached hydrogen (secondary N) is 1. The molecule has 0 fully saturated rings. The molecule has 0 aliphatic rings. The lowest BCUT2D eigenvalue weighted by Crippen LogP contribution is -2.26. The van der Waals surface area contributed by atoms with Crippen molar-refractivity contribution < 1.29 is 14.6 Å². The van der Waals surface area contributed by atoms with Crippen molar-refractivity contribution >= 4 is 22.4 Å². The molecule has 2 aromatic rings. The van der Waals surface area contributed by atoms with Gasteiger partial charge in [-0.2, -0.15) is 0 Å². The molecule has 0 aliphatic carbocycles. The molecule has 0 saturated carbocycles. The van der Waals surface area contributed by atoms with Crippen LogP contribution in [0.5, 0.6) is 0 Å². The first-order valence-corrected chi connectivity index (χ1v) is 7.53. The topological polar surface area (TPSA) is 71.5 Å². The van der Waals surface area contributed by atoms with E-state index >= 15 is 0 Å². The smallest absolute Gasteiger partial charge is 0.333 e. The fraction of sp³-hybridized carbons (Fsp3) is 0.333. The van der Waals surface area contributed by atoms with Crippen LogP contribution < -0.4 is 5.32 Å². The van der Waals surface area contributed by atoms with E-state index in [2.05, 4.69) is 10.3 Å². The van der Waals surface area contributed by atoms with Crippen LogP contribution in [-0.4, -0.2) is 35.8 Å². The molecule has 1 heterocycles. The van der Waals surface area contributed by atoms with Gasteiger partial charge in [0.05, 0.1) is 4.88 Å². The number of hydrogen-bond donors (Lipinski definition) is 2. The lowest BCUT2D eigenvalue weighted by molar-refractivity contribution is -0.149. The van der Waals surface area contributed by atoms with Crippen LogP contribution >= 0.6 is 11.3 Å². The highest BCUT2D eigenvalue weighted by atomic mass is 32.1. The fourth-order valence-corrected chi connectivity index (χ4v) is 2.74. The van der Waals surface area contributed by atoms with Crippen LogP contribution in [0.3, 0.4) is 0 Å². The molecular weight excluding hydrogens is 288 g/mol. The molecule has 2 rings (SSSR count). The number of ether oxygens (including phenoxy) is 1. The second-order valence-corrected chi connectivity index (χ2v) is 5.49. The number of benzene rings is 1. The van der Waals surface area contributed by atoms with Gasteiger partial charge in [-0.1, -0.05) is 35.6 Å². The zero-order valence-electron chi connectivity index (χ0n) is 12.0. The van der Waals surface area contributed by atoms with E-state index in [1.165, 1.54) is 0 Å². The van der Waals surface area contributed by atoms with E-state index in [0.717, 1.165) is 21.1 Å². The summed E-state index contributed by atoms with van der Waals surface area (Å²) in [5.74, 6) is -0.929. The Morgan fingerprint density at radius 1 is 1.43 bits per heavy atom. The number of thiazole rings is 1. The number of rotatable bonds is 7. The molecule has 2 N–H and O–H groups in total. The summed E-state index contributed by atoms with van der Waals surface area (Å²) < 4.78 is 5.22. The van der Waals surface area contributed by atoms with E-state index in [1.54, 1.807) is 18.3 Å². The molecule has 1 atom stereocenters. The van der Waals surface area contributed by atoms with Crippen molar-refractivity contribution in [1.82, 2.24) is 4.98 Å². The van der Waals surface area contributed by atoms with Crippen LogP contribution in [0.4, 0.5) is 5.13 Å². The van der Waals surface area contributed by atoms with Gasteiger partial charge in [-0.05, 0) is 18.1 Å². The van der Waals surface area contributed by atoms with Crippen molar-refractivity contribution in [2.75, 3.05) is 19.0 Å². The number of anilines is 1. The summed E-state index contributed by atoms with van der Waals surface area (Å²) in [6, 6.07) is 7.83. The summed E-state index contributed by atoms with van der Waals surface area (Å²) in [7, 11) is 1.84. The average molecular weight is 306 g/mol. The SMILES string of the molecule is CCO[C@@H](Cc1ccc(-c2cnc(NC)s2)cc1)C(=O)O. The number of aromatic nitrogens is 1. The second kappa shape index (κ2) is 7.19. The maximum Gasteiger partial charge on any atom is 0.333 e. The second-order valence-electron chi connectivity index (χ2n) is 4.46. The van der Waals surface area contributed by atoms with E-state index in [0.29, 0.717) is 13.0 Å². The third-order valence-electron chi connectivity index (χ3n) is 3.02. The predicted octanol–water partition coefficient (Wildman–Crippen LogP) is 2.88. The number of carboxylic acids is 1. The van der Waals surface area contributed by atoms with Gasteiger partial charge >= 0.3 is 5.97 Å². The summed E-state index contributed by atoms with van der Waals surface area (Å²) in [6.45, 7) is 2.19. The predicted molar refractivity (Wildman–Crippen MR) is 83.9 cm³/mol. The Morgan fingerprint density at radius 3 is 2.67 bits per heavy atom. The molecule has 5 nitrogen and oxygen atoms in total. The van der Waals surface area contributed by atoms with Gasteiger partial charge in [-0.15, -0.1) is 0 Å². The summed E-state index contributed by atoms with van der Waals surface area (Å²) in [4.78, 5) is 16.4. The van der Waals surface area contributed by atoms with E-state index < -0.39 is 12.1 Å². The molecule has 0 unspecified atom stereocenters. The fourth-order valence-electron chi connectivity index (χ4n) is 1.96. The molecule has 6 heteroatoms. The lowest BCUT2D eigenvalue weighted by Gasteiger charge is -2.12. The van der Waals surface area contributed by atoms with E-state index in [-0.39, 0.29) is 0 Å². The number of nitrogens with zero attached hydrogens (tertiary/aromatic N) is 1. The summed E-state index contributed by atoms with van der Waals surface area (Å²) in [5.41, 5.74) is 2.01. The standard InChI is InChI=1S/C15H18N2O3S/c1-3-20-12(14(18)19)8-10-4-6-11(7-5-10)13-9-17-15(16-2)21-13/h4-7,9,12H,3,8H2,1-2H3,(H,16,17)(H,18,19)/t12-/m0/s1. The molecule has 21 heavy (non-hydrogen) atoms. The number of carbonyl (C=O) groups is 1. The Morgan fingerprint density at radius 2 is 2.14 bits per heavy atom. The molecular formula is C15H18N2O3S. The minimum atomic E-state index is -0.929. The maximum atomic E-state index is 11.1. The van der Waals surface area contributed by atoms with Crippen molar-refractivity contribution in [2.45, 2.75) is 19.4 Å². The van der Waals surface area contributed by atoms with Gasteiger partial charge in [0.15, 0.2) is 11.2 Å². The van der Waals surface area contributed by atoms with Crippen molar-refractivity contribution in [2.24, 2.45) is 0 Å². The van der Waals surface area contributed by atoms with Gasteiger partial charge < -0.3 is 15.2 Å². The minimum absolute atomic E-state index is 0.369. The first kappa shape index (κ1) is 15.5. The Labute approximate surface area is 127 Å². The van der Waals surface area contributed by atoms with Gasteiger partial charge in [0.2, 0.25) is 0 Å². The van der Waals surface area contributed by atoms with E-state index in [9.17, 15) is 4.79 Å². The quantitative estimate of drug-likeness (QED) is 0.823. The summed E-state index contributed by atoms with van der Waals surface area (Å²) >= 11 is 1.58. The highest BCUT2D eigenvalue weighted by Gasteiger charge is 2.17. The zero-order valence-corrected chi connectivity index (χ0v) is 12.8. The van der Waals surface area contributed by atoms with Crippen LogP contribution in [0.2, 0.25) is 0 Å². The van der Waals surface area contributed by atoms with Gasteiger partial charge in [-0.25, -0.2) is 9.78 Å². The third kappa shape index (κ3) is 4.03. The molecule has 1 aromatic carbocycles. The molecule has 0 saturated heterocycles. The van der Waals surface area contributed by atoms with Crippen LogP contribution in [0.1, 0.15) is 12.5 Å². The molecule has 0 aliphatic heterocycles. The molecule has 0 bridgehead atoms. The Hall–Kier alpha value is -1.92. The normalized spacial score (nSPS) is 12.1. The number of hydrogen-bond acceptors (Lipinski definition) is 5. The van der Waals surface area contributed by atoms with Crippen LogP contribution in [0.25, 0.3) is 10.4 Å². The lowest BCUT2D eigenvalue weighted by atomic mass is 10.1. The van der Waals surface area contributed by atoms with Crippen molar-refractivity contribution in [3.05, 3.63) is 36.0 Å². The first-order valence-electron chi connectivity index (χ1n) is 6.71. The molecule has 0 spiro atoms. The maximum absolute atomic E-state index is 11.1. The molecule has 1 aromatic heterocycles. The first-order chi connectivity index (χ1) is 10.1. The van der Waals surface area contributed by atoms with E-state index in [4.69, 9.17) is 9.84 Å². The summed E-state index contributed by atoms with van der Waals surface area (Å²) in [6.07, 6.45) is 1.40. The molecule has 112 valence electrons. The highest BCUT2D eigenvalue weighted by molar-refractivity contribution is 7.18. The highest BCUT2D eigenvalue weighted by Crippen LogP contribution is 2.28. The van der Waals surface area contributed by atoms with Crippen LogP contribution in [0, 0.1) is 0 Å². The molecule has 0 amide bonds. The van der Waals surface area contributed by atoms with Gasteiger partial charge in [0, 0.05) is 26.3 Å². The van der Waals surface area contributed by atoms with E-state index in [1.807, 2.05) is 37.5 Å². The Bertz CT molecular complexity index is 595. The van der Waals surface area contributed by atoms with Crippen LogP contribution in [-0.2, 0) is 16.0 Å². The van der Waals surface area contributed by atoms with Crippen molar-refractivity contribution in [3.63, 3.8) is 0 Å². The monoisotopic (exact) mass is 306 g/mol. The van der Waals surface area contributed by atoms with Gasteiger partial charge in [0.1, 0.15) is 0 Å². The Balaban J connectivity index is 2.09. The van der Waals surface area contributed by atoms with Crippen LogP contribution in [0.15, 0.2) is 30.5 Å².